The van der Waals surface area contributed by atoms with Gasteiger partial charge in [0.05, 0.1) is 20.3 Å². The lowest BCUT2D eigenvalue weighted by atomic mass is 9.97. The van der Waals surface area contributed by atoms with Gasteiger partial charge in [0, 0.05) is 18.9 Å². The number of hydrogen-bond donors (Lipinski definition) is 1. The Morgan fingerprint density at radius 1 is 1.14 bits per heavy atom. The third-order valence-corrected chi connectivity index (χ3v) is 4.58. The molecule has 2 aliphatic rings. The first-order valence-corrected chi connectivity index (χ1v) is 8.50. The molecule has 1 aromatic carbocycles. The van der Waals surface area contributed by atoms with Gasteiger partial charge in [-0.05, 0) is 43.5 Å². The molecule has 4 nitrogen and oxygen atoms in total. The van der Waals surface area contributed by atoms with E-state index in [4.69, 9.17) is 14.2 Å². The number of nitrogens with one attached hydrogen (secondary N) is 1. The molecular weight excluding hydrogens is 278 g/mol. The molecular formula is C18H27NO3. The monoisotopic (exact) mass is 305 g/mol. The Hall–Kier alpha value is -1.26. The van der Waals surface area contributed by atoms with Crippen LogP contribution in [0.1, 0.15) is 37.7 Å². The average Bonchev–Trinajstić information content (AvgIpc) is 2.58. The van der Waals surface area contributed by atoms with Crippen LogP contribution in [0.5, 0.6) is 11.5 Å². The molecule has 2 fully saturated rings. The summed E-state index contributed by atoms with van der Waals surface area (Å²) in [6, 6.07) is 6.96. The van der Waals surface area contributed by atoms with E-state index in [0.717, 1.165) is 50.5 Å². The van der Waals surface area contributed by atoms with Gasteiger partial charge < -0.3 is 19.5 Å². The molecule has 2 heterocycles. The van der Waals surface area contributed by atoms with Crippen molar-refractivity contribution >= 4 is 0 Å². The fraction of sp³-hybridized carbons (Fsp3) is 0.667. The van der Waals surface area contributed by atoms with Crippen LogP contribution in [-0.4, -0.2) is 39.0 Å². The minimum Gasteiger partial charge on any atom is -0.493 e. The van der Waals surface area contributed by atoms with E-state index in [0.29, 0.717) is 6.04 Å². The first-order valence-electron chi connectivity index (χ1n) is 8.50. The second-order valence-corrected chi connectivity index (χ2v) is 6.27. The van der Waals surface area contributed by atoms with Crippen LogP contribution in [0.25, 0.3) is 0 Å². The summed E-state index contributed by atoms with van der Waals surface area (Å²) in [4.78, 5) is 0. The van der Waals surface area contributed by atoms with Gasteiger partial charge >= 0.3 is 0 Å². The Balaban J connectivity index is 1.64. The summed E-state index contributed by atoms with van der Waals surface area (Å²) in [5.74, 6) is 1.70. The smallest absolute Gasteiger partial charge is 0.161 e. The Labute approximate surface area is 133 Å². The van der Waals surface area contributed by atoms with Crippen LogP contribution in [0.4, 0.5) is 0 Å². The van der Waals surface area contributed by atoms with Crippen molar-refractivity contribution in [3.63, 3.8) is 0 Å². The molecule has 1 aromatic rings. The molecule has 3 rings (SSSR count). The summed E-state index contributed by atoms with van der Waals surface area (Å²) >= 11 is 0. The lowest BCUT2D eigenvalue weighted by molar-refractivity contribution is 0.0245. The highest BCUT2D eigenvalue weighted by atomic mass is 16.5. The van der Waals surface area contributed by atoms with E-state index in [1.54, 1.807) is 7.11 Å². The second kappa shape index (κ2) is 7.84. The van der Waals surface area contributed by atoms with Crippen LogP contribution >= 0.6 is 0 Å². The largest absolute Gasteiger partial charge is 0.493 e. The predicted molar refractivity (Wildman–Crippen MR) is 86.8 cm³/mol. The van der Waals surface area contributed by atoms with E-state index in [2.05, 4.69) is 23.5 Å². The Morgan fingerprint density at radius 3 is 2.73 bits per heavy atom. The van der Waals surface area contributed by atoms with Gasteiger partial charge in [-0.1, -0.05) is 12.5 Å². The van der Waals surface area contributed by atoms with Crippen LogP contribution in [0.2, 0.25) is 0 Å². The highest BCUT2D eigenvalue weighted by molar-refractivity contribution is 5.43. The van der Waals surface area contributed by atoms with Gasteiger partial charge in [-0.2, -0.15) is 0 Å². The Bertz CT molecular complexity index is 465. The van der Waals surface area contributed by atoms with Gasteiger partial charge in [-0.15, -0.1) is 0 Å². The average molecular weight is 305 g/mol. The summed E-state index contributed by atoms with van der Waals surface area (Å²) in [6.45, 7) is 2.73. The number of hydrogen-bond acceptors (Lipinski definition) is 4. The molecule has 1 unspecified atom stereocenters. The maximum atomic E-state index is 6.10. The first-order chi connectivity index (χ1) is 10.8. The topological polar surface area (TPSA) is 39.7 Å². The molecule has 0 aromatic heterocycles. The maximum Gasteiger partial charge on any atom is 0.161 e. The van der Waals surface area contributed by atoms with Crippen molar-refractivity contribution in [2.45, 2.75) is 50.7 Å². The molecule has 0 amide bonds. The van der Waals surface area contributed by atoms with Crippen molar-refractivity contribution in [2.24, 2.45) is 0 Å². The van der Waals surface area contributed by atoms with E-state index in [-0.39, 0.29) is 6.10 Å². The Morgan fingerprint density at radius 2 is 2.00 bits per heavy atom. The summed E-state index contributed by atoms with van der Waals surface area (Å²) in [5.41, 5.74) is 1.32. The first kappa shape index (κ1) is 15.6. The second-order valence-electron chi connectivity index (χ2n) is 6.27. The van der Waals surface area contributed by atoms with Crippen molar-refractivity contribution in [3.8, 4) is 11.5 Å². The number of piperidine rings is 1. The van der Waals surface area contributed by atoms with Crippen LogP contribution in [0, 0.1) is 0 Å². The lowest BCUT2D eigenvalue weighted by Gasteiger charge is -2.25. The number of methoxy groups -OCH3 is 1. The van der Waals surface area contributed by atoms with Crippen molar-refractivity contribution in [2.75, 3.05) is 26.9 Å². The lowest BCUT2D eigenvalue weighted by Crippen LogP contribution is -2.35. The minimum absolute atomic E-state index is 0.244. The third kappa shape index (κ3) is 4.14. The minimum atomic E-state index is 0.244. The van der Waals surface area contributed by atoms with Gasteiger partial charge in [-0.25, -0.2) is 0 Å². The zero-order valence-corrected chi connectivity index (χ0v) is 13.5. The molecule has 2 saturated heterocycles. The summed E-state index contributed by atoms with van der Waals surface area (Å²) < 4.78 is 17.0. The molecule has 1 atom stereocenters. The number of ether oxygens (including phenoxy) is 3. The van der Waals surface area contributed by atoms with Crippen LogP contribution in [0.3, 0.4) is 0 Å². The number of benzene rings is 1. The van der Waals surface area contributed by atoms with E-state index >= 15 is 0 Å². The summed E-state index contributed by atoms with van der Waals surface area (Å²) in [5, 5.41) is 3.60. The molecule has 22 heavy (non-hydrogen) atoms. The fourth-order valence-corrected chi connectivity index (χ4v) is 3.29. The fourth-order valence-electron chi connectivity index (χ4n) is 3.29. The molecule has 4 heteroatoms. The van der Waals surface area contributed by atoms with Gasteiger partial charge in [0.2, 0.25) is 0 Å². The van der Waals surface area contributed by atoms with Gasteiger partial charge in [0.1, 0.15) is 6.10 Å². The standard InChI is InChI=1S/C18H27NO3/c1-20-18-13-14(12-15-4-2-3-9-19-15)5-6-17(18)22-16-7-10-21-11-8-16/h5-6,13,15-16,19H,2-4,7-12H2,1H3. The molecule has 0 saturated carbocycles. The van der Waals surface area contributed by atoms with Gasteiger partial charge in [0.25, 0.3) is 0 Å². The zero-order chi connectivity index (χ0) is 15.2. The van der Waals surface area contributed by atoms with Gasteiger partial charge in [0.15, 0.2) is 11.5 Å². The third-order valence-electron chi connectivity index (χ3n) is 4.58. The molecule has 2 aliphatic heterocycles. The van der Waals surface area contributed by atoms with Crippen molar-refractivity contribution in [1.82, 2.24) is 5.32 Å². The highest BCUT2D eigenvalue weighted by Gasteiger charge is 2.18. The summed E-state index contributed by atoms with van der Waals surface area (Å²) in [7, 11) is 1.72. The maximum absolute atomic E-state index is 6.10. The zero-order valence-electron chi connectivity index (χ0n) is 13.5. The number of rotatable bonds is 5. The van der Waals surface area contributed by atoms with Gasteiger partial charge in [-0.3, -0.25) is 0 Å². The SMILES string of the molecule is COc1cc(CC2CCCCN2)ccc1OC1CCOCC1. The normalized spacial score (nSPS) is 23.2. The van der Waals surface area contributed by atoms with Crippen molar-refractivity contribution in [1.29, 1.82) is 0 Å². The molecule has 0 bridgehead atoms. The Kier molecular flexibility index (Phi) is 5.57. The molecule has 1 N–H and O–H groups in total. The van der Waals surface area contributed by atoms with Crippen LogP contribution < -0.4 is 14.8 Å². The molecule has 0 aliphatic carbocycles. The van der Waals surface area contributed by atoms with E-state index in [1.165, 1.54) is 24.8 Å². The highest BCUT2D eigenvalue weighted by Crippen LogP contribution is 2.31. The van der Waals surface area contributed by atoms with E-state index < -0.39 is 0 Å². The predicted octanol–water partition coefficient (Wildman–Crippen LogP) is 2.94. The van der Waals surface area contributed by atoms with E-state index in [1.807, 2.05) is 0 Å². The van der Waals surface area contributed by atoms with Crippen LogP contribution in [-0.2, 0) is 11.2 Å². The van der Waals surface area contributed by atoms with Crippen molar-refractivity contribution < 1.29 is 14.2 Å². The molecule has 0 spiro atoms. The van der Waals surface area contributed by atoms with E-state index in [9.17, 15) is 0 Å². The molecule has 122 valence electrons. The quantitative estimate of drug-likeness (QED) is 0.908. The summed E-state index contributed by atoms with van der Waals surface area (Å²) in [6.07, 6.45) is 7.12. The van der Waals surface area contributed by atoms with Crippen molar-refractivity contribution in [3.05, 3.63) is 23.8 Å². The van der Waals surface area contributed by atoms with Crippen LogP contribution in [0.15, 0.2) is 18.2 Å². The molecule has 0 radical (unpaired) electrons.